The zero-order valence-corrected chi connectivity index (χ0v) is 43.5. The van der Waals surface area contributed by atoms with E-state index in [2.05, 4.69) is 57.2 Å². The predicted octanol–water partition coefficient (Wildman–Crippen LogP) is 18.9. The second kappa shape index (κ2) is 54.2. The number of carbonyl (C=O) groups excluding carboxylic acids is 3. The van der Waals surface area contributed by atoms with Crippen LogP contribution < -0.4 is 0 Å². The Labute approximate surface area is 404 Å². The highest BCUT2D eigenvalue weighted by molar-refractivity contribution is 5.71. The smallest absolute Gasteiger partial charge is 0.306 e. The van der Waals surface area contributed by atoms with Gasteiger partial charge in [0.25, 0.3) is 0 Å². The average Bonchev–Trinajstić information content (AvgIpc) is 3.30. The summed E-state index contributed by atoms with van der Waals surface area (Å²) in [6.45, 7) is 6.63. The molecule has 6 nitrogen and oxygen atoms in total. The van der Waals surface area contributed by atoms with Gasteiger partial charge in [-0.25, -0.2) is 0 Å². The number of rotatable bonds is 52. The van der Waals surface area contributed by atoms with Crippen LogP contribution in [0.2, 0.25) is 0 Å². The van der Waals surface area contributed by atoms with Gasteiger partial charge in [0.1, 0.15) is 13.2 Å². The van der Waals surface area contributed by atoms with Crippen LogP contribution in [0.25, 0.3) is 0 Å². The fourth-order valence-electron chi connectivity index (χ4n) is 8.25. The summed E-state index contributed by atoms with van der Waals surface area (Å²) in [4.78, 5) is 38.1. The molecule has 0 rings (SSSR count). The van der Waals surface area contributed by atoms with Crippen LogP contribution in [-0.2, 0) is 28.6 Å². The Morgan fingerprint density at radius 3 is 0.769 bits per heavy atom. The van der Waals surface area contributed by atoms with Gasteiger partial charge in [-0.15, -0.1) is 0 Å². The number of hydrogen-bond acceptors (Lipinski definition) is 6. The molecule has 0 bridgehead atoms. The highest BCUT2D eigenvalue weighted by atomic mass is 16.6. The SMILES string of the molecule is CCCCCCC/C=C\CCCCCCCC(=O)OC[C@H](COC(=O)CCCCCCCCC/C=C\CCCCCCCCCC)OC(=O)CCCCCCC/C=C\CCCCCCC. The summed E-state index contributed by atoms with van der Waals surface area (Å²) in [5.41, 5.74) is 0. The summed E-state index contributed by atoms with van der Waals surface area (Å²) in [5, 5.41) is 0. The van der Waals surface area contributed by atoms with E-state index in [-0.39, 0.29) is 31.1 Å². The Morgan fingerprint density at radius 2 is 0.508 bits per heavy atom. The molecule has 0 N–H and O–H groups in total. The zero-order valence-electron chi connectivity index (χ0n) is 43.5. The number of unbranched alkanes of at least 4 members (excludes halogenated alkanes) is 35. The number of allylic oxidation sites excluding steroid dienone is 6. The Kier molecular flexibility index (Phi) is 52.3. The highest BCUT2D eigenvalue weighted by Crippen LogP contribution is 2.15. The first kappa shape index (κ1) is 62.6. The van der Waals surface area contributed by atoms with E-state index in [1.807, 2.05) is 0 Å². The van der Waals surface area contributed by atoms with Gasteiger partial charge in [-0.2, -0.15) is 0 Å². The molecule has 65 heavy (non-hydrogen) atoms. The lowest BCUT2D eigenvalue weighted by Crippen LogP contribution is -2.30. The van der Waals surface area contributed by atoms with Crippen molar-refractivity contribution in [3.05, 3.63) is 36.5 Å². The van der Waals surface area contributed by atoms with E-state index in [0.717, 1.165) is 70.6 Å². The van der Waals surface area contributed by atoms with Gasteiger partial charge in [-0.1, -0.05) is 224 Å². The Balaban J connectivity index is 4.35. The first-order valence-electron chi connectivity index (χ1n) is 28.5. The van der Waals surface area contributed by atoms with E-state index in [0.29, 0.717) is 19.3 Å². The normalized spacial score (nSPS) is 12.2. The van der Waals surface area contributed by atoms with Gasteiger partial charge in [-0.05, 0) is 96.3 Å². The molecule has 0 spiro atoms. The van der Waals surface area contributed by atoms with Crippen molar-refractivity contribution >= 4 is 17.9 Å². The van der Waals surface area contributed by atoms with Crippen LogP contribution in [0.5, 0.6) is 0 Å². The molecular weight excluding hydrogens is 805 g/mol. The molecular formula is C59H108O6. The molecule has 0 fully saturated rings. The van der Waals surface area contributed by atoms with E-state index in [1.54, 1.807) is 0 Å². The van der Waals surface area contributed by atoms with Crippen molar-refractivity contribution in [2.75, 3.05) is 13.2 Å². The maximum absolute atomic E-state index is 12.8. The topological polar surface area (TPSA) is 78.9 Å². The molecule has 0 aliphatic rings. The van der Waals surface area contributed by atoms with Gasteiger partial charge in [-0.3, -0.25) is 14.4 Å². The van der Waals surface area contributed by atoms with Crippen molar-refractivity contribution in [3.63, 3.8) is 0 Å². The van der Waals surface area contributed by atoms with E-state index in [1.165, 1.54) is 193 Å². The van der Waals surface area contributed by atoms with Crippen LogP contribution in [-0.4, -0.2) is 37.2 Å². The van der Waals surface area contributed by atoms with E-state index in [9.17, 15) is 14.4 Å². The third-order valence-electron chi connectivity index (χ3n) is 12.6. The van der Waals surface area contributed by atoms with E-state index in [4.69, 9.17) is 14.2 Å². The largest absolute Gasteiger partial charge is 0.462 e. The number of carbonyl (C=O) groups is 3. The Morgan fingerprint density at radius 1 is 0.292 bits per heavy atom. The standard InChI is InChI=1S/C59H108O6/c1-4-7-10-13-16-19-22-25-28-29-30-31-32-35-37-40-43-46-49-52-58(61)64-55-56(65-59(62)53-50-47-44-41-38-34-27-24-21-18-15-12-9-6-3)54-63-57(60)51-48-45-42-39-36-33-26-23-20-17-14-11-8-5-2/h23-24,26-27,29-30,56H,4-22,25,28,31-55H2,1-3H3/b26-23-,27-24-,30-29-/t56-/m1/s1. The molecule has 0 saturated carbocycles. The van der Waals surface area contributed by atoms with Gasteiger partial charge in [0.15, 0.2) is 6.10 Å². The molecule has 0 aromatic rings. The van der Waals surface area contributed by atoms with Crippen LogP contribution in [0.4, 0.5) is 0 Å². The van der Waals surface area contributed by atoms with Crippen LogP contribution in [0.3, 0.4) is 0 Å². The van der Waals surface area contributed by atoms with Gasteiger partial charge in [0.05, 0.1) is 0 Å². The molecule has 0 radical (unpaired) electrons. The third kappa shape index (κ3) is 52.5. The number of ether oxygens (including phenoxy) is 3. The van der Waals surface area contributed by atoms with Crippen LogP contribution in [0.1, 0.15) is 303 Å². The highest BCUT2D eigenvalue weighted by Gasteiger charge is 2.19. The Hall–Kier alpha value is -2.37. The lowest BCUT2D eigenvalue weighted by molar-refractivity contribution is -0.167. The molecule has 0 aliphatic heterocycles. The zero-order chi connectivity index (χ0) is 47.2. The summed E-state index contributed by atoms with van der Waals surface area (Å²) in [7, 11) is 0. The van der Waals surface area contributed by atoms with E-state index >= 15 is 0 Å². The monoisotopic (exact) mass is 913 g/mol. The Bertz CT molecular complexity index is 1090. The maximum atomic E-state index is 12.8. The lowest BCUT2D eigenvalue weighted by Gasteiger charge is -2.18. The summed E-state index contributed by atoms with van der Waals surface area (Å²) in [5.74, 6) is -0.886. The second-order valence-corrected chi connectivity index (χ2v) is 19.2. The average molecular weight is 914 g/mol. The number of esters is 3. The second-order valence-electron chi connectivity index (χ2n) is 19.2. The van der Waals surface area contributed by atoms with Crippen molar-refractivity contribution in [2.45, 2.75) is 309 Å². The summed E-state index contributed by atoms with van der Waals surface area (Å²) < 4.78 is 16.8. The first-order valence-corrected chi connectivity index (χ1v) is 28.5. The first-order chi connectivity index (χ1) is 32.0. The van der Waals surface area contributed by atoms with Crippen molar-refractivity contribution in [2.24, 2.45) is 0 Å². The molecule has 0 unspecified atom stereocenters. The maximum Gasteiger partial charge on any atom is 0.306 e. The van der Waals surface area contributed by atoms with Gasteiger partial charge in [0, 0.05) is 19.3 Å². The molecule has 0 aromatic heterocycles. The van der Waals surface area contributed by atoms with Gasteiger partial charge in [0.2, 0.25) is 0 Å². The van der Waals surface area contributed by atoms with E-state index < -0.39 is 6.10 Å². The van der Waals surface area contributed by atoms with Gasteiger partial charge >= 0.3 is 17.9 Å². The summed E-state index contributed by atoms with van der Waals surface area (Å²) in [6.07, 6.45) is 64.2. The molecule has 380 valence electrons. The van der Waals surface area contributed by atoms with Crippen LogP contribution >= 0.6 is 0 Å². The molecule has 0 aromatic carbocycles. The van der Waals surface area contributed by atoms with Crippen molar-refractivity contribution < 1.29 is 28.6 Å². The third-order valence-corrected chi connectivity index (χ3v) is 12.6. The molecule has 6 heteroatoms. The van der Waals surface area contributed by atoms with Crippen LogP contribution in [0, 0.1) is 0 Å². The van der Waals surface area contributed by atoms with Crippen LogP contribution in [0.15, 0.2) is 36.5 Å². The predicted molar refractivity (Wildman–Crippen MR) is 279 cm³/mol. The molecule has 0 heterocycles. The minimum absolute atomic E-state index is 0.0784. The fourth-order valence-corrected chi connectivity index (χ4v) is 8.25. The fraction of sp³-hybridized carbons (Fsp3) is 0.847. The van der Waals surface area contributed by atoms with Crippen molar-refractivity contribution in [1.82, 2.24) is 0 Å². The summed E-state index contributed by atoms with van der Waals surface area (Å²) >= 11 is 0. The minimum Gasteiger partial charge on any atom is -0.462 e. The molecule has 0 aliphatic carbocycles. The molecule has 0 saturated heterocycles. The minimum atomic E-state index is -0.779. The van der Waals surface area contributed by atoms with Crippen molar-refractivity contribution in [3.8, 4) is 0 Å². The molecule has 1 atom stereocenters. The number of hydrogen-bond donors (Lipinski definition) is 0. The quantitative estimate of drug-likeness (QED) is 0.0262. The molecule has 0 amide bonds. The lowest BCUT2D eigenvalue weighted by atomic mass is 10.1. The summed E-state index contributed by atoms with van der Waals surface area (Å²) in [6, 6.07) is 0. The van der Waals surface area contributed by atoms with Crippen molar-refractivity contribution in [1.29, 1.82) is 0 Å². The van der Waals surface area contributed by atoms with Gasteiger partial charge < -0.3 is 14.2 Å².